The van der Waals surface area contributed by atoms with E-state index in [1.165, 1.54) is 6.07 Å². The summed E-state index contributed by atoms with van der Waals surface area (Å²) in [7, 11) is 0. The Hall–Kier alpha value is -3.16. The Balaban J connectivity index is 1.77. The third-order valence-corrected chi connectivity index (χ3v) is 5.75. The largest absolute Gasteiger partial charge is 0.416 e. The molecule has 0 saturated carbocycles. The lowest BCUT2D eigenvalue weighted by Gasteiger charge is -2.45. The average Bonchev–Trinajstić information content (AvgIpc) is 2.78. The second-order valence-corrected chi connectivity index (χ2v) is 8.05. The minimum absolute atomic E-state index is 0.255. The van der Waals surface area contributed by atoms with Crippen LogP contribution in [0.25, 0.3) is 0 Å². The monoisotopic (exact) mass is 464 g/mol. The fraction of sp³-hybridized carbons (Fsp3) is 0.280. The molecule has 4 rings (SSSR count). The third-order valence-electron chi connectivity index (χ3n) is 5.75. The summed E-state index contributed by atoms with van der Waals surface area (Å²) in [4.78, 5) is 3.60. The van der Waals surface area contributed by atoms with Gasteiger partial charge in [-0.1, -0.05) is 54.6 Å². The minimum atomic E-state index is -4.54. The molecule has 0 bridgehead atoms. The molecule has 1 aliphatic rings. The van der Waals surface area contributed by atoms with Gasteiger partial charge >= 0.3 is 12.4 Å². The molecule has 0 N–H and O–H groups in total. The van der Waals surface area contributed by atoms with Crippen LogP contribution in [-0.2, 0) is 12.7 Å². The van der Waals surface area contributed by atoms with E-state index < -0.39 is 30.4 Å². The number of benzene rings is 3. The van der Waals surface area contributed by atoms with Crippen molar-refractivity contribution >= 4 is 11.4 Å². The zero-order valence-electron chi connectivity index (χ0n) is 17.6. The molecule has 0 aliphatic carbocycles. The van der Waals surface area contributed by atoms with Crippen molar-refractivity contribution in [3.63, 3.8) is 0 Å². The van der Waals surface area contributed by atoms with E-state index in [1.54, 1.807) is 23.1 Å². The van der Waals surface area contributed by atoms with Crippen LogP contribution < -0.4 is 9.80 Å². The highest BCUT2D eigenvalue weighted by Crippen LogP contribution is 2.43. The molecule has 174 valence electrons. The van der Waals surface area contributed by atoms with E-state index in [0.29, 0.717) is 17.8 Å². The van der Waals surface area contributed by atoms with Gasteiger partial charge < -0.3 is 9.80 Å². The number of rotatable bonds is 5. The lowest BCUT2D eigenvalue weighted by Crippen LogP contribution is -2.44. The van der Waals surface area contributed by atoms with Crippen LogP contribution in [0.2, 0.25) is 0 Å². The van der Waals surface area contributed by atoms with Crippen molar-refractivity contribution in [2.75, 3.05) is 22.9 Å². The summed E-state index contributed by atoms with van der Waals surface area (Å²) < 4.78 is 79.4. The minimum Gasteiger partial charge on any atom is -0.363 e. The Morgan fingerprint density at radius 1 is 0.758 bits per heavy atom. The zero-order valence-corrected chi connectivity index (χ0v) is 17.6. The Bertz CT molecular complexity index is 1080. The molecule has 0 aromatic heterocycles. The van der Waals surface area contributed by atoms with Crippen LogP contribution in [0, 0.1) is 0 Å². The number of fused-ring (bicyclic) bond motifs is 1. The van der Waals surface area contributed by atoms with E-state index in [-0.39, 0.29) is 13.1 Å². The SMILES string of the molecule is FC(F)(F)CCN1c2ccccc2N(Cc2ccccc2)C[C@H]1c1cccc(C(F)(F)F)c1. The van der Waals surface area contributed by atoms with Crippen LogP contribution in [-0.4, -0.2) is 19.3 Å². The molecule has 1 aliphatic heterocycles. The Morgan fingerprint density at radius 3 is 2.09 bits per heavy atom. The van der Waals surface area contributed by atoms with Gasteiger partial charge in [0.15, 0.2) is 0 Å². The maximum absolute atomic E-state index is 13.4. The van der Waals surface area contributed by atoms with E-state index in [4.69, 9.17) is 0 Å². The number of halogens is 6. The molecule has 0 unspecified atom stereocenters. The summed E-state index contributed by atoms with van der Waals surface area (Å²) in [5.41, 5.74) is 1.85. The lowest BCUT2D eigenvalue weighted by molar-refractivity contribution is -0.137. The summed E-state index contributed by atoms with van der Waals surface area (Å²) >= 11 is 0. The van der Waals surface area contributed by atoms with Crippen LogP contribution >= 0.6 is 0 Å². The fourth-order valence-electron chi connectivity index (χ4n) is 4.23. The van der Waals surface area contributed by atoms with Crippen molar-refractivity contribution in [1.82, 2.24) is 0 Å². The van der Waals surface area contributed by atoms with E-state index in [1.807, 2.05) is 47.4 Å². The molecule has 0 amide bonds. The van der Waals surface area contributed by atoms with Crippen molar-refractivity contribution in [2.24, 2.45) is 0 Å². The predicted molar refractivity (Wildman–Crippen MR) is 116 cm³/mol. The van der Waals surface area contributed by atoms with Gasteiger partial charge in [0.25, 0.3) is 0 Å². The van der Waals surface area contributed by atoms with Gasteiger partial charge in [0.2, 0.25) is 0 Å². The molecule has 2 nitrogen and oxygen atoms in total. The van der Waals surface area contributed by atoms with Crippen molar-refractivity contribution in [2.45, 2.75) is 31.4 Å². The van der Waals surface area contributed by atoms with Crippen LogP contribution in [0.3, 0.4) is 0 Å². The normalized spacial score (nSPS) is 16.6. The van der Waals surface area contributed by atoms with Crippen LogP contribution in [0.5, 0.6) is 0 Å². The molecule has 0 saturated heterocycles. The Kier molecular flexibility index (Phi) is 6.28. The van der Waals surface area contributed by atoms with E-state index in [9.17, 15) is 26.3 Å². The lowest BCUT2D eigenvalue weighted by atomic mass is 9.97. The van der Waals surface area contributed by atoms with Crippen molar-refractivity contribution in [1.29, 1.82) is 0 Å². The second-order valence-electron chi connectivity index (χ2n) is 8.05. The number of nitrogens with zero attached hydrogens (tertiary/aromatic N) is 2. The van der Waals surface area contributed by atoms with Gasteiger partial charge in [-0.2, -0.15) is 26.3 Å². The van der Waals surface area contributed by atoms with Gasteiger partial charge in [-0.3, -0.25) is 0 Å². The van der Waals surface area contributed by atoms with Crippen LogP contribution in [0.1, 0.15) is 29.2 Å². The summed E-state index contributed by atoms with van der Waals surface area (Å²) in [6.45, 7) is 0.395. The van der Waals surface area contributed by atoms with Gasteiger partial charge in [0, 0.05) is 19.6 Å². The first kappa shape index (κ1) is 23.0. The summed E-state index contributed by atoms with van der Waals surface area (Å²) in [6.07, 6.45) is -9.98. The van der Waals surface area contributed by atoms with Gasteiger partial charge in [0.1, 0.15) is 0 Å². The fourth-order valence-corrected chi connectivity index (χ4v) is 4.23. The number of para-hydroxylation sites is 2. The number of anilines is 2. The number of hydrogen-bond donors (Lipinski definition) is 0. The van der Waals surface area contributed by atoms with Crippen molar-refractivity contribution in [3.8, 4) is 0 Å². The molecule has 1 heterocycles. The van der Waals surface area contributed by atoms with Crippen molar-refractivity contribution in [3.05, 3.63) is 95.6 Å². The van der Waals surface area contributed by atoms with Gasteiger partial charge in [-0.25, -0.2) is 0 Å². The molecule has 0 radical (unpaired) electrons. The summed E-state index contributed by atoms with van der Waals surface area (Å²) in [5, 5.41) is 0. The highest BCUT2D eigenvalue weighted by atomic mass is 19.4. The van der Waals surface area contributed by atoms with Crippen molar-refractivity contribution < 1.29 is 26.3 Å². The molecule has 0 fully saturated rings. The van der Waals surface area contributed by atoms with E-state index in [0.717, 1.165) is 23.4 Å². The van der Waals surface area contributed by atoms with Gasteiger partial charge in [0.05, 0.1) is 29.4 Å². The zero-order chi connectivity index (χ0) is 23.6. The van der Waals surface area contributed by atoms with E-state index >= 15 is 0 Å². The molecule has 1 atom stereocenters. The third kappa shape index (κ3) is 5.43. The highest BCUT2D eigenvalue weighted by molar-refractivity contribution is 5.74. The number of alkyl halides is 6. The molecule has 3 aromatic carbocycles. The summed E-state index contributed by atoms with van der Waals surface area (Å²) in [6, 6.07) is 20.9. The van der Waals surface area contributed by atoms with Gasteiger partial charge in [-0.05, 0) is 35.4 Å². The van der Waals surface area contributed by atoms with Gasteiger partial charge in [-0.15, -0.1) is 0 Å². The standard InChI is InChI=1S/C25H22F6N2/c26-24(27,28)13-14-33-22-12-5-4-11-21(22)32(16-18-7-2-1-3-8-18)17-23(33)19-9-6-10-20(15-19)25(29,30)31/h1-12,15,23H,13-14,16-17H2/t23-/m0/s1. The molecule has 3 aromatic rings. The molecule has 8 heteroatoms. The van der Waals surface area contributed by atoms with Crippen LogP contribution in [0.4, 0.5) is 37.7 Å². The first-order chi connectivity index (χ1) is 15.6. The Morgan fingerprint density at radius 2 is 1.42 bits per heavy atom. The van der Waals surface area contributed by atoms with E-state index in [2.05, 4.69) is 0 Å². The predicted octanol–water partition coefficient (Wildman–Crippen LogP) is 7.23. The average molecular weight is 464 g/mol. The summed E-state index contributed by atoms with van der Waals surface area (Å²) in [5.74, 6) is 0. The Labute approximate surface area is 188 Å². The van der Waals surface area contributed by atoms with Crippen LogP contribution in [0.15, 0.2) is 78.9 Å². The first-order valence-electron chi connectivity index (χ1n) is 10.5. The first-order valence-corrected chi connectivity index (χ1v) is 10.5. The topological polar surface area (TPSA) is 6.48 Å². The second kappa shape index (κ2) is 9.00. The maximum atomic E-state index is 13.4. The maximum Gasteiger partial charge on any atom is 0.416 e. The number of hydrogen-bond acceptors (Lipinski definition) is 2. The molecule has 0 spiro atoms. The highest BCUT2D eigenvalue weighted by Gasteiger charge is 2.37. The molecule has 33 heavy (non-hydrogen) atoms. The quantitative estimate of drug-likeness (QED) is 0.368. The smallest absolute Gasteiger partial charge is 0.363 e. The molecular weight excluding hydrogens is 442 g/mol. The molecular formula is C25H22F6N2.